The molecule has 0 atom stereocenters. The van der Waals surface area contributed by atoms with Crippen molar-refractivity contribution in [1.29, 1.82) is 0 Å². The Labute approximate surface area is 79.6 Å². The summed E-state index contributed by atoms with van der Waals surface area (Å²) in [5.41, 5.74) is -0.391. The number of sulfonamides is 1. The number of ketones is 1. The number of primary sulfonamides is 1. The fraction of sp³-hybridized carbons (Fsp3) is 0.875. The van der Waals surface area contributed by atoms with E-state index in [0.717, 1.165) is 0 Å². The summed E-state index contributed by atoms with van der Waals surface area (Å²) in [6.45, 7) is 5.44. The maximum atomic E-state index is 11.3. The lowest BCUT2D eigenvalue weighted by atomic mass is 9.88. The number of rotatable bonds is 4. The third kappa shape index (κ3) is 6.72. The van der Waals surface area contributed by atoms with Crippen LogP contribution in [0.15, 0.2) is 0 Å². The molecule has 0 aromatic carbocycles. The highest BCUT2D eigenvalue weighted by Gasteiger charge is 2.20. The van der Waals surface area contributed by atoms with E-state index >= 15 is 0 Å². The van der Waals surface area contributed by atoms with Crippen LogP contribution in [-0.4, -0.2) is 20.0 Å². The lowest BCUT2D eigenvalue weighted by Crippen LogP contribution is -2.22. The Bertz CT molecular complexity index is 274. The van der Waals surface area contributed by atoms with Gasteiger partial charge in [0, 0.05) is 11.8 Å². The van der Waals surface area contributed by atoms with Gasteiger partial charge in [0.1, 0.15) is 5.78 Å². The van der Waals surface area contributed by atoms with Gasteiger partial charge in [0.05, 0.1) is 5.75 Å². The van der Waals surface area contributed by atoms with E-state index in [1.807, 2.05) is 20.8 Å². The Hall–Kier alpha value is -0.420. The number of nitrogens with two attached hydrogens (primary N) is 1. The second-order valence-corrected chi connectivity index (χ2v) is 5.88. The molecule has 0 rings (SSSR count). The zero-order valence-corrected chi connectivity index (χ0v) is 9.15. The Kier molecular flexibility index (Phi) is 4.06. The number of hydrogen-bond acceptors (Lipinski definition) is 3. The molecule has 13 heavy (non-hydrogen) atoms. The molecule has 0 saturated heterocycles. The van der Waals surface area contributed by atoms with Crippen molar-refractivity contribution < 1.29 is 13.2 Å². The molecule has 78 valence electrons. The van der Waals surface area contributed by atoms with E-state index in [4.69, 9.17) is 5.14 Å². The smallest absolute Gasteiger partial charge is 0.209 e. The highest BCUT2D eigenvalue weighted by atomic mass is 32.2. The molecule has 0 bridgehead atoms. The summed E-state index contributed by atoms with van der Waals surface area (Å²) in [5, 5.41) is 4.79. The van der Waals surface area contributed by atoms with Crippen molar-refractivity contribution in [3.8, 4) is 0 Å². The first-order chi connectivity index (χ1) is 5.63. The van der Waals surface area contributed by atoms with E-state index in [0.29, 0.717) is 6.42 Å². The van der Waals surface area contributed by atoms with Gasteiger partial charge in [-0.3, -0.25) is 4.79 Å². The van der Waals surface area contributed by atoms with Crippen molar-refractivity contribution in [3.63, 3.8) is 0 Å². The number of Topliss-reactive ketones (excluding diaryl/α,β-unsaturated/α-hetero) is 1. The van der Waals surface area contributed by atoms with E-state index in [-0.39, 0.29) is 18.0 Å². The van der Waals surface area contributed by atoms with Gasteiger partial charge in [-0.2, -0.15) is 0 Å². The van der Waals surface area contributed by atoms with Gasteiger partial charge in [-0.1, -0.05) is 20.8 Å². The summed E-state index contributed by atoms with van der Waals surface area (Å²) in [7, 11) is -3.42. The van der Waals surface area contributed by atoms with Gasteiger partial charge in [-0.25, -0.2) is 13.6 Å². The van der Waals surface area contributed by atoms with Crippen LogP contribution in [0.3, 0.4) is 0 Å². The van der Waals surface area contributed by atoms with Crippen molar-refractivity contribution in [2.24, 2.45) is 10.6 Å². The third-order valence-corrected chi connectivity index (χ3v) is 2.53. The molecule has 0 aromatic heterocycles. The number of carbonyl (C=O) groups excluding carboxylic acids is 1. The predicted molar refractivity (Wildman–Crippen MR) is 51.7 cm³/mol. The van der Waals surface area contributed by atoms with Gasteiger partial charge >= 0.3 is 0 Å². The van der Waals surface area contributed by atoms with Gasteiger partial charge in [0.2, 0.25) is 10.0 Å². The SMILES string of the molecule is CC(C)(C)C(=O)CCCS(N)(=O)=O. The van der Waals surface area contributed by atoms with Crippen LogP contribution in [-0.2, 0) is 14.8 Å². The second kappa shape index (κ2) is 4.19. The molecule has 5 heteroatoms. The van der Waals surface area contributed by atoms with Crippen molar-refractivity contribution in [3.05, 3.63) is 0 Å². The number of carbonyl (C=O) groups is 1. The molecule has 0 saturated carbocycles. The molecule has 0 amide bonds. The fourth-order valence-corrected chi connectivity index (χ4v) is 1.36. The van der Waals surface area contributed by atoms with Crippen LogP contribution >= 0.6 is 0 Å². The van der Waals surface area contributed by atoms with E-state index in [1.54, 1.807) is 0 Å². The van der Waals surface area contributed by atoms with Crippen molar-refractivity contribution >= 4 is 15.8 Å². The monoisotopic (exact) mass is 207 g/mol. The lowest BCUT2D eigenvalue weighted by molar-refractivity contribution is -0.126. The van der Waals surface area contributed by atoms with E-state index in [9.17, 15) is 13.2 Å². The fourth-order valence-electron chi connectivity index (χ4n) is 0.809. The van der Waals surface area contributed by atoms with E-state index in [1.165, 1.54) is 0 Å². The number of hydrogen-bond donors (Lipinski definition) is 1. The molecule has 0 spiro atoms. The Balaban J connectivity index is 3.87. The Morgan fingerprint density at radius 2 is 1.77 bits per heavy atom. The molecule has 0 aliphatic carbocycles. The first kappa shape index (κ1) is 12.6. The molecule has 0 unspecified atom stereocenters. The molecule has 0 radical (unpaired) electrons. The summed E-state index contributed by atoms with van der Waals surface area (Å²) >= 11 is 0. The summed E-state index contributed by atoms with van der Waals surface area (Å²) < 4.78 is 21.1. The highest BCUT2D eigenvalue weighted by Crippen LogP contribution is 2.17. The van der Waals surface area contributed by atoms with E-state index < -0.39 is 15.4 Å². The van der Waals surface area contributed by atoms with Crippen LogP contribution in [0.25, 0.3) is 0 Å². The Morgan fingerprint density at radius 1 is 1.31 bits per heavy atom. The van der Waals surface area contributed by atoms with Gasteiger partial charge < -0.3 is 0 Å². The van der Waals surface area contributed by atoms with E-state index in [2.05, 4.69) is 0 Å². The van der Waals surface area contributed by atoms with Crippen LogP contribution < -0.4 is 5.14 Å². The Morgan fingerprint density at radius 3 is 2.08 bits per heavy atom. The molecular formula is C8H17NO3S. The zero-order valence-electron chi connectivity index (χ0n) is 8.33. The minimum atomic E-state index is -3.42. The maximum Gasteiger partial charge on any atom is 0.209 e. The van der Waals surface area contributed by atoms with Crippen LogP contribution in [0.5, 0.6) is 0 Å². The van der Waals surface area contributed by atoms with Gasteiger partial charge in [-0.15, -0.1) is 0 Å². The highest BCUT2D eigenvalue weighted by molar-refractivity contribution is 7.89. The normalized spacial score (nSPS) is 12.9. The standard InChI is InChI=1S/C8H17NO3S/c1-8(2,3)7(10)5-4-6-13(9,11)12/h4-6H2,1-3H3,(H2,9,11,12). The summed E-state index contributed by atoms with van der Waals surface area (Å²) in [4.78, 5) is 11.3. The molecule has 2 N–H and O–H groups in total. The first-order valence-corrected chi connectivity index (χ1v) is 5.88. The topological polar surface area (TPSA) is 77.2 Å². The van der Waals surface area contributed by atoms with Crippen molar-refractivity contribution in [1.82, 2.24) is 0 Å². The zero-order chi connectivity index (χ0) is 10.7. The molecule has 0 aliphatic heterocycles. The molecular weight excluding hydrogens is 190 g/mol. The molecule has 0 aliphatic rings. The third-order valence-electron chi connectivity index (χ3n) is 1.67. The molecule has 0 heterocycles. The maximum absolute atomic E-state index is 11.3. The van der Waals surface area contributed by atoms with Crippen molar-refractivity contribution in [2.75, 3.05) is 5.75 Å². The van der Waals surface area contributed by atoms with Crippen LogP contribution in [0.1, 0.15) is 33.6 Å². The minimum Gasteiger partial charge on any atom is -0.299 e. The quantitative estimate of drug-likeness (QED) is 0.736. The summed E-state index contributed by atoms with van der Waals surface area (Å²) in [6.07, 6.45) is 0.592. The first-order valence-electron chi connectivity index (χ1n) is 4.17. The molecule has 4 nitrogen and oxygen atoms in total. The van der Waals surface area contributed by atoms with Gasteiger partial charge in [0.15, 0.2) is 0 Å². The van der Waals surface area contributed by atoms with Crippen LogP contribution in [0.2, 0.25) is 0 Å². The molecule has 0 fully saturated rings. The largest absolute Gasteiger partial charge is 0.299 e. The van der Waals surface area contributed by atoms with Gasteiger partial charge in [-0.05, 0) is 6.42 Å². The second-order valence-electron chi connectivity index (χ2n) is 4.14. The predicted octanol–water partition coefficient (Wildman–Crippen LogP) is 0.670. The minimum absolute atomic E-state index is 0.0659. The molecule has 0 aromatic rings. The van der Waals surface area contributed by atoms with Gasteiger partial charge in [0.25, 0.3) is 0 Å². The average molecular weight is 207 g/mol. The van der Waals surface area contributed by atoms with Crippen molar-refractivity contribution in [2.45, 2.75) is 33.6 Å². The summed E-state index contributed by atoms with van der Waals surface area (Å²) in [6, 6.07) is 0. The average Bonchev–Trinajstić information content (AvgIpc) is 1.82. The lowest BCUT2D eigenvalue weighted by Gasteiger charge is -2.15. The van der Waals surface area contributed by atoms with Crippen LogP contribution in [0.4, 0.5) is 0 Å². The van der Waals surface area contributed by atoms with Crippen LogP contribution in [0, 0.1) is 5.41 Å². The summed E-state index contributed by atoms with van der Waals surface area (Å²) in [5.74, 6) is -0.0504.